The molecular weight excluding hydrogens is 388 g/mol. The minimum absolute atomic E-state index is 0.0533. The molecule has 0 unspecified atom stereocenters. The number of nitrogens with zero attached hydrogens (tertiary/aromatic N) is 2. The molecule has 29 heavy (non-hydrogen) atoms. The quantitative estimate of drug-likeness (QED) is 0.597. The van der Waals surface area contributed by atoms with Gasteiger partial charge in [-0.3, -0.25) is 9.59 Å². The molecule has 0 aliphatic carbocycles. The first kappa shape index (κ1) is 20.6. The topological polar surface area (TPSA) is 111 Å². The van der Waals surface area contributed by atoms with Gasteiger partial charge in [0.05, 0.1) is 17.0 Å². The summed E-state index contributed by atoms with van der Waals surface area (Å²) in [6.07, 6.45) is 0. The normalized spacial score (nSPS) is 11.3. The molecule has 1 heterocycles. The number of carbonyl (C=O) groups excluding carboxylic acids is 2. The highest BCUT2D eigenvalue weighted by Gasteiger charge is 2.16. The molecule has 3 N–H and O–H groups in total. The molecule has 1 aromatic heterocycles. The van der Waals surface area contributed by atoms with Crippen molar-refractivity contribution in [3.05, 3.63) is 59.7 Å². The molecule has 0 radical (unpaired) electrons. The number of carbonyl (C=O) groups is 2. The van der Waals surface area contributed by atoms with Gasteiger partial charge < -0.3 is 15.5 Å². The van der Waals surface area contributed by atoms with Gasteiger partial charge in [0.2, 0.25) is 11.8 Å². The molecule has 0 saturated carbocycles. The zero-order valence-corrected chi connectivity index (χ0v) is 17.2. The Bertz CT molecular complexity index is 1020. The van der Waals surface area contributed by atoms with Crippen molar-refractivity contribution < 1.29 is 14.0 Å². The molecule has 7 nitrogen and oxygen atoms in total. The van der Waals surface area contributed by atoms with Gasteiger partial charge in [0.1, 0.15) is 0 Å². The fourth-order valence-corrected chi connectivity index (χ4v) is 3.18. The maximum atomic E-state index is 12.2. The van der Waals surface area contributed by atoms with E-state index in [4.69, 9.17) is 10.2 Å². The van der Waals surface area contributed by atoms with Crippen molar-refractivity contribution in [1.29, 1.82) is 0 Å². The second-order valence-corrected chi connectivity index (χ2v) is 8.37. The number of hydrogen-bond acceptors (Lipinski definition) is 6. The minimum Gasteiger partial charge on any atom is -0.411 e. The van der Waals surface area contributed by atoms with Crippen LogP contribution in [0.4, 0.5) is 5.69 Å². The fourth-order valence-electron chi connectivity index (χ4n) is 2.62. The van der Waals surface area contributed by atoms with Crippen LogP contribution >= 0.6 is 11.8 Å². The summed E-state index contributed by atoms with van der Waals surface area (Å²) >= 11 is 1.12. The van der Waals surface area contributed by atoms with Crippen LogP contribution in [0.5, 0.6) is 0 Å². The predicted molar refractivity (Wildman–Crippen MR) is 113 cm³/mol. The smallest absolute Gasteiger partial charge is 0.277 e. The summed E-state index contributed by atoms with van der Waals surface area (Å²) in [7, 11) is 0. The van der Waals surface area contributed by atoms with Crippen molar-refractivity contribution in [3.63, 3.8) is 0 Å². The molecule has 0 atom stereocenters. The molecule has 2 aromatic carbocycles. The number of rotatable bonds is 6. The van der Waals surface area contributed by atoms with E-state index in [0.717, 1.165) is 17.3 Å². The van der Waals surface area contributed by atoms with Gasteiger partial charge in [0, 0.05) is 5.56 Å². The Labute approximate surface area is 173 Å². The molecule has 150 valence electrons. The van der Waals surface area contributed by atoms with Crippen molar-refractivity contribution in [2.75, 3.05) is 11.1 Å². The lowest BCUT2D eigenvalue weighted by atomic mass is 9.87. The highest BCUT2D eigenvalue weighted by atomic mass is 32.2. The highest BCUT2D eigenvalue weighted by molar-refractivity contribution is 7.99. The van der Waals surface area contributed by atoms with E-state index in [1.165, 1.54) is 5.56 Å². The monoisotopic (exact) mass is 410 g/mol. The predicted octanol–water partition coefficient (Wildman–Crippen LogP) is 3.86. The van der Waals surface area contributed by atoms with Crippen LogP contribution in [0.2, 0.25) is 0 Å². The first-order valence-electron chi connectivity index (χ1n) is 9.00. The Hall–Kier alpha value is -3.13. The number of para-hydroxylation sites is 1. The molecule has 0 fully saturated rings. The van der Waals surface area contributed by atoms with Crippen LogP contribution in [-0.2, 0) is 10.2 Å². The number of nitrogens with one attached hydrogen (secondary N) is 1. The lowest BCUT2D eigenvalue weighted by Crippen LogP contribution is -2.19. The van der Waals surface area contributed by atoms with Gasteiger partial charge in [-0.25, -0.2) is 0 Å². The third-order valence-electron chi connectivity index (χ3n) is 4.20. The van der Waals surface area contributed by atoms with Crippen LogP contribution in [0.15, 0.2) is 58.2 Å². The molecule has 0 aliphatic rings. The summed E-state index contributed by atoms with van der Waals surface area (Å²) in [5.74, 6) is -0.462. The molecule has 3 rings (SSSR count). The van der Waals surface area contributed by atoms with Gasteiger partial charge >= 0.3 is 0 Å². The summed E-state index contributed by atoms with van der Waals surface area (Å²) in [5, 5.41) is 11.0. The Balaban J connectivity index is 1.61. The average Bonchev–Trinajstić information content (AvgIpc) is 3.15. The van der Waals surface area contributed by atoms with Gasteiger partial charge in [0.15, 0.2) is 0 Å². The molecule has 0 aliphatic heterocycles. The van der Waals surface area contributed by atoms with Gasteiger partial charge in [0.25, 0.3) is 11.1 Å². The number of nitrogens with two attached hydrogens (primary N) is 1. The van der Waals surface area contributed by atoms with E-state index in [9.17, 15) is 9.59 Å². The van der Waals surface area contributed by atoms with Crippen molar-refractivity contribution in [3.8, 4) is 11.5 Å². The second kappa shape index (κ2) is 8.48. The summed E-state index contributed by atoms with van der Waals surface area (Å²) in [4.78, 5) is 23.6. The van der Waals surface area contributed by atoms with Crippen LogP contribution in [0.25, 0.3) is 11.5 Å². The standard InChI is InChI=1S/C21H22N4O3S/c1-21(2,3)14-10-8-13(9-11-14)19-24-25-20(28-19)29-12-17(26)23-16-7-5-4-6-15(16)18(22)27/h4-11H,12H2,1-3H3,(H2,22,27)(H,23,26). The lowest BCUT2D eigenvalue weighted by molar-refractivity contribution is -0.113. The first-order valence-corrected chi connectivity index (χ1v) is 9.98. The van der Waals surface area contributed by atoms with Crippen molar-refractivity contribution >= 4 is 29.3 Å². The first-order chi connectivity index (χ1) is 13.7. The summed E-state index contributed by atoms with van der Waals surface area (Å²) in [6, 6.07) is 14.5. The number of anilines is 1. The van der Waals surface area contributed by atoms with Gasteiger partial charge in [-0.05, 0) is 35.2 Å². The van der Waals surface area contributed by atoms with E-state index in [1.807, 2.05) is 24.3 Å². The van der Waals surface area contributed by atoms with Crippen LogP contribution in [0.3, 0.4) is 0 Å². The molecule has 2 amide bonds. The van der Waals surface area contributed by atoms with Crippen LogP contribution in [0, 0.1) is 0 Å². The van der Waals surface area contributed by atoms with Gasteiger partial charge in [-0.15, -0.1) is 10.2 Å². The fraction of sp³-hybridized carbons (Fsp3) is 0.238. The summed E-state index contributed by atoms with van der Waals surface area (Å²) < 4.78 is 5.64. The Kier molecular flexibility index (Phi) is 6.03. The van der Waals surface area contributed by atoms with E-state index >= 15 is 0 Å². The molecule has 3 aromatic rings. The van der Waals surface area contributed by atoms with E-state index in [2.05, 4.69) is 36.3 Å². The van der Waals surface area contributed by atoms with Crippen molar-refractivity contribution in [2.45, 2.75) is 31.4 Å². The van der Waals surface area contributed by atoms with E-state index < -0.39 is 5.91 Å². The van der Waals surface area contributed by atoms with E-state index in [0.29, 0.717) is 16.8 Å². The Morgan fingerprint density at radius 2 is 1.76 bits per heavy atom. The molecular formula is C21H22N4O3S. The maximum Gasteiger partial charge on any atom is 0.277 e. The molecule has 0 saturated heterocycles. The number of aromatic nitrogens is 2. The number of benzene rings is 2. The number of thioether (sulfide) groups is 1. The highest BCUT2D eigenvalue weighted by Crippen LogP contribution is 2.27. The van der Waals surface area contributed by atoms with Crippen LogP contribution < -0.4 is 11.1 Å². The van der Waals surface area contributed by atoms with Crippen LogP contribution in [0.1, 0.15) is 36.7 Å². The third kappa shape index (κ3) is 5.23. The zero-order valence-electron chi connectivity index (χ0n) is 16.4. The molecule has 0 spiro atoms. The van der Waals surface area contributed by atoms with E-state index in [-0.39, 0.29) is 22.6 Å². The van der Waals surface area contributed by atoms with Crippen LogP contribution in [-0.4, -0.2) is 27.8 Å². The van der Waals surface area contributed by atoms with Crippen molar-refractivity contribution in [2.24, 2.45) is 5.73 Å². The Morgan fingerprint density at radius 1 is 1.07 bits per heavy atom. The van der Waals surface area contributed by atoms with Gasteiger partial charge in [-0.2, -0.15) is 0 Å². The average molecular weight is 410 g/mol. The number of amides is 2. The largest absolute Gasteiger partial charge is 0.411 e. The second-order valence-electron chi connectivity index (χ2n) is 7.45. The zero-order chi connectivity index (χ0) is 21.0. The SMILES string of the molecule is CC(C)(C)c1ccc(-c2nnc(SCC(=O)Nc3ccccc3C(N)=O)o2)cc1. The maximum absolute atomic E-state index is 12.2. The molecule has 8 heteroatoms. The summed E-state index contributed by atoms with van der Waals surface area (Å²) in [6.45, 7) is 6.45. The van der Waals surface area contributed by atoms with Crippen molar-refractivity contribution in [1.82, 2.24) is 10.2 Å². The minimum atomic E-state index is -0.604. The molecule has 0 bridgehead atoms. The third-order valence-corrected chi connectivity index (χ3v) is 5.02. The van der Waals surface area contributed by atoms with Gasteiger partial charge in [-0.1, -0.05) is 56.8 Å². The van der Waals surface area contributed by atoms with E-state index in [1.54, 1.807) is 24.3 Å². The Morgan fingerprint density at radius 3 is 2.41 bits per heavy atom. The number of hydrogen-bond donors (Lipinski definition) is 2. The number of primary amides is 1. The lowest BCUT2D eigenvalue weighted by Gasteiger charge is -2.18. The summed E-state index contributed by atoms with van der Waals surface area (Å²) in [5.41, 5.74) is 8.04.